The minimum Gasteiger partial charge on any atom is -0.399 e. The number of amides is 1. The van der Waals surface area contributed by atoms with Gasteiger partial charge in [0.05, 0.1) is 17.5 Å². The summed E-state index contributed by atoms with van der Waals surface area (Å²) in [6.07, 6.45) is 0.843. The van der Waals surface area contributed by atoms with Gasteiger partial charge in [0.25, 0.3) is 0 Å². The van der Waals surface area contributed by atoms with Crippen molar-refractivity contribution in [3.8, 4) is 0 Å². The summed E-state index contributed by atoms with van der Waals surface area (Å²) in [5.41, 5.74) is 12.9. The summed E-state index contributed by atoms with van der Waals surface area (Å²) in [4.78, 5) is 14.8. The number of aliphatic hydroxyl groups excluding tert-OH is 1. The molecule has 0 spiro atoms. The fourth-order valence-electron chi connectivity index (χ4n) is 4.35. The van der Waals surface area contributed by atoms with Crippen LogP contribution in [0.4, 0.5) is 11.4 Å². The molecule has 0 aliphatic carbocycles. The second kappa shape index (κ2) is 12.5. The van der Waals surface area contributed by atoms with Gasteiger partial charge in [-0.25, -0.2) is 8.42 Å². The van der Waals surface area contributed by atoms with Gasteiger partial charge in [0, 0.05) is 30.5 Å². The Morgan fingerprint density at radius 2 is 1.62 bits per heavy atom. The molecule has 0 saturated carbocycles. The number of sulfonamides is 1. The van der Waals surface area contributed by atoms with Gasteiger partial charge in [0.1, 0.15) is 0 Å². The van der Waals surface area contributed by atoms with Gasteiger partial charge in [-0.3, -0.25) is 4.79 Å². The van der Waals surface area contributed by atoms with E-state index in [9.17, 15) is 18.3 Å². The highest BCUT2D eigenvalue weighted by molar-refractivity contribution is 7.89. The largest absolute Gasteiger partial charge is 0.399 e. The van der Waals surface area contributed by atoms with Crippen LogP contribution < -0.4 is 16.4 Å². The van der Waals surface area contributed by atoms with Crippen LogP contribution in [0.15, 0.2) is 71.6 Å². The summed E-state index contributed by atoms with van der Waals surface area (Å²) in [5, 5.41) is 12.3. The van der Waals surface area contributed by atoms with Crippen LogP contribution in [0.1, 0.15) is 33.6 Å². The van der Waals surface area contributed by atoms with Gasteiger partial charge >= 0.3 is 0 Å². The van der Waals surface area contributed by atoms with E-state index in [0.717, 1.165) is 16.5 Å². The molecule has 5 N–H and O–H groups in total. The highest BCUT2D eigenvalue weighted by atomic mass is 32.2. The van der Waals surface area contributed by atoms with Crippen molar-refractivity contribution in [3.05, 3.63) is 66.7 Å². The Morgan fingerprint density at radius 3 is 2.22 bits per heavy atom. The van der Waals surface area contributed by atoms with Gasteiger partial charge in [0.15, 0.2) is 0 Å². The van der Waals surface area contributed by atoms with E-state index in [0.29, 0.717) is 25.1 Å². The molecule has 0 heterocycles. The fourth-order valence-corrected chi connectivity index (χ4v) is 6.16. The molecule has 3 rings (SSSR count). The summed E-state index contributed by atoms with van der Waals surface area (Å²) in [7, 11) is -3.86. The Labute approximate surface area is 219 Å². The van der Waals surface area contributed by atoms with Gasteiger partial charge in [-0.15, -0.1) is 0 Å². The lowest BCUT2D eigenvalue weighted by Crippen LogP contribution is -2.46. The van der Waals surface area contributed by atoms with Crippen molar-refractivity contribution in [2.45, 2.75) is 50.6 Å². The third-order valence-corrected chi connectivity index (χ3v) is 8.20. The Hall–Kier alpha value is -2.98. The van der Waals surface area contributed by atoms with E-state index in [4.69, 9.17) is 11.5 Å². The highest BCUT2D eigenvalue weighted by Crippen LogP contribution is 2.25. The lowest BCUT2D eigenvalue weighted by molar-refractivity contribution is -0.119. The Bertz CT molecular complexity index is 1290. The van der Waals surface area contributed by atoms with Crippen molar-refractivity contribution in [1.82, 2.24) is 4.31 Å². The lowest BCUT2D eigenvalue weighted by Gasteiger charge is -2.32. The molecule has 0 radical (unpaired) electrons. The number of aliphatic hydroxyl groups is 1. The van der Waals surface area contributed by atoms with Gasteiger partial charge in [-0.1, -0.05) is 44.2 Å². The number of carbonyl (C=O) groups is 1. The Balaban J connectivity index is 1.82. The van der Waals surface area contributed by atoms with E-state index in [1.165, 1.54) is 16.4 Å². The average molecular weight is 527 g/mol. The van der Waals surface area contributed by atoms with Crippen LogP contribution in [0.2, 0.25) is 0 Å². The molecule has 3 aromatic carbocycles. The van der Waals surface area contributed by atoms with Crippen molar-refractivity contribution in [1.29, 1.82) is 0 Å². The summed E-state index contributed by atoms with van der Waals surface area (Å²) in [5.74, 6) is -0.171. The number of nitrogens with zero attached hydrogens (tertiary/aromatic N) is 2. The third kappa shape index (κ3) is 7.07. The first kappa shape index (κ1) is 28.6. The molecule has 0 aliphatic rings. The number of nitrogen functional groups attached to an aromatic ring is 1. The van der Waals surface area contributed by atoms with Crippen LogP contribution in [0.3, 0.4) is 0 Å². The SMILES string of the molecule is CC(C)CN([C@H](CO)CCCN(C(=O)[C@H](C)N)c1ccc2ccccc2c1)S(=O)(=O)c1ccc(N)cc1. The zero-order chi connectivity index (χ0) is 27.2. The molecule has 0 bridgehead atoms. The quantitative estimate of drug-likeness (QED) is 0.309. The van der Waals surface area contributed by atoms with Crippen LogP contribution in [0.25, 0.3) is 10.8 Å². The summed E-state index contributed by atoms with van der Waals surface area (Å²) in [6.45, 7) is 5.78. The molecule has 8 nitrogen and oxygen atoms in total. The molecule has 0 saturated heterocycles. The zero-order valence-electron chi connectivity index (χ0n) is 21.7. The van der Waals surface area contributed by atoms with Crippen molar-refractivity contribution >= 4 is 38.1 Å². The predicted molar refractivity (Wildman–Crippen MR) is 150 cm³/mol. The standard InChI is InChI=1S/C28H38N4O4S/c1-20(2)18-32(37(35,36)27-14-11-24(30)12-15-27)26(19-33)9-6-16-31(28(34)21(3)29)25-13-10-22-7-4-5-8-23(22)17-25/h4-5,7-8,10-15,17,20-21,26,33H,6,9,16,18-19,29-30H2,1-3H3/t21-,26-/m0/s1. The van der Waals surface area contributed by atoms with E-state index in [1.807, 2.05) is 56.3 Å². The number of hydrogen-bond acceptors (Lipinski definition) is 6. The van der Waals surface area contributed by atoms with Crippen LogP contribution in [0, 0.1) is 5.92 Å². The lowest BCUT2D eigenvalue weighted by atomic mass is 10.1. The number of fused-ring (bicyclic) bond motifs is 1. The predicted octanol–water partition coefficient (Wildman–Crippen LogP) is 3.59. The minimum absolute atomic E-state index is 0.0476. The molecule has 1 amide bonds. The average Bonchev–Trinajstić information content (AvgIpc) is 2.87. The maximum atomic E-state index is 13.5. The topological polar surface area (TPSA) is 130 Å². The molecule has 0 aromatic heterocycles. The van der Waals surface area contributed by atoms with E-state index < -0.39 is 22.1 Å². The highest BCUT2D eigenvalue weighted by Gasteiger charge is 2.32. The van der Waals surface area contributed by atoms with E-state index in [1.54, 1.807) is 24.0 Å². The third-order valence-electron chi connectivity index (χ3n) is 6.27. The first-order valence-electron chi connectivity index (χ1n) is 12.6. The number of hydrogen-bond donors (Lipinski definition) is 3. The molecular formula is C28H38N4O4S. The van der Waals surface area contributed by atoms with Crippen LogP contribution in [0.5, 0.6) is 0 Å². The molecule has 0 unspecified atom stereocenters. The van der Waals surface area contributed by atoms with Crippen LogP contribution in [-0.4, -0.2) is 55.5 Å². The Morgan fingerprint density at radius 1 is 0.973 bits per heavy atom. The Kier molecular flexibility index (Phi) is 9.67. The number of benzene rings is 3. The summed E-state index contributed by atoms with van der Waals surface area (Å²) < 4.78 is 28.4. The second-order valence-corrected chi connectivity index (χ2v) is 11.7. The van der Waals surface area contributed by atoms with E-state index in [2.05, 4.69) is 0 Å². The van der Waals surface area contributed by atoms with Crippen LogP contribution >= 0.6 is 0 Å². The maximum absolute atomic E-state index is 13.5. The molecule has 9 heteroatoms. The van der Waals surface area contributed by atoms with E-state index >= 15 is 0 Å². The summed E-state index contributed by atoms with van der Waals surface area (Å²) >= 11 is 0. The van der Waals surface area contributed by atoms with Crippen LogP contribution in [-0.2, 0) is 14.8 Å². The molecule has 200 valence electrons. The van der Waals surface area contributed by atoms with Gasteiger partial charge < -0.3 is 21.5 Å². The molecule has 0 aliphatic heterocycles. The second-order valence-electron chi connectivity index (χ2n) is 9.83. The van der Waals surface area contributed by atoms with E-state index in [-0.39, 0.29) is 29.9 Å². The first-order chi connectivity index (χ1) is 17.5. The van der Waals surface area contributed by atoms with Crippen molar-refractivity contribution in [3.63, 3.8) is 0 Å². The normalized spacial score (nSPS) is 13.7. The molecule has 2 atom stereocenters. The minimum atomic E-state index is -3.86. The van der Waals surface area contributed by atoms with Crippen molar-refractivity contribution in [2.75, 3.05) is 30.3 Å². The van der Waals surface area contributed by atoms with Gasteiger partial charge in [-0.2, -0.15) is 4.31 Å². The monoisotopic (exact) mass is 526 g/mol. The molecule has 3 aromatic rings. The molecule has 0 fully saturated rings. The number of anilines is 2. The van der Waals surface area contributed by atoms with Crippen molar-refractivity contribution < 1.29 is 18.3 Å². The van der Waals surface area contributed by atoms with Crippen molar-refractivity contribution in [2.24, 2.45) is 11.7 Å². The number of nitrogens with two attached hydrogens (primary N) is 2. The number of carbonyl (C=O) groups excluding carboxylic acids is 1. The summed E-state index contributed by atoms with van der Waals surface area (Å²) in [6, 6.07) is 18.4. The molecular weight excluding hydrogens is 488 g/mol. The smallest absolute Gasteiger partial charge is 0.243 e. The zero-order valence-corrected chi connectivity index (χ0v) is 22.6. The first-order valence-corrected chi connectivity index (χ1v) is 14.0. The fraction of sp³-hybridized carbons (Fsp3) is 0.393. The van der Waals surface area contributed by atoms with Gasteiger partial charge in [0.2, 0.25) is 15.9 Å². The number of rotatable bonds is 12. The maximum Gasteiger partial charge on any atom is 0.243 e. The van der Waals surface area contributed by atoms with Gasteiger partial charge in [-0.05, 0) is 72.9 Å². The molecule has 37 heavy (non-hydrogen) atoms.